The molecule has 18 heavy (non-hydrogen) atoms. The maximum Gasteiger partial charge on any atom is 0.125 e. The minimum Gasteiger partial charge on any atom is -0.497 e. The first-order valence-corrected chi connectivity index (χ1v) is 7.54. The van der Waals surface area contributed by atoms with E-state index in [4.69, 9.17) is 9.47 Å². The molecule has 0 spiro atoms. The highest BCUT2D eigenvalue weighted by molar-refractivity contribution is 7.99. The van der Waals surface area contributed by atoms with Gasteiger partial charge in [0, 0.05) is 17.9 Å². The second-order valence-corrected chi connectivity index (χ2v) is 6.09. The van der Waals surface area contributed by atoms with Crippen molar-refractivity contribution in [3.63, 3.8) is 0 Å². The molecule has 3 rings (SSSR count). The molecule has 1 N–H and O–H groups in total. The van der Waals surface area contributed by atoms with Gasteiger partial charge in [-0.1, -0.05) is 0 Å². The number of aliphatic hydroxyl groups is 1. The van der Waals surface area contributed by atoms with E-state index in [0.29, 0.717) is 12.3 Å². The number of aliphatic hydroxyl groups excluding tert-OH is 1. The van der Waals surface area contributed by atoms with Crippen LogP contribution in [0.15, 0.2) is 18.2 Å². The highest BCUT2D eigenvalue weighted by Crippen LogP contribution is 2.41. The summed E-state index contributed by atoms with van der Waals surface area (Å²) < 4.78 is 11.2. The van der Waals surface area contributed by atoms with Crippen molar-refractivity contribution in [2.45, 2.75) is 25.0 Å². The number of methoxy groups -OCH3 is 1. The summed E-state index contributed by atoms with van der Waals surface area (Å²) in [4.78, 5) is 0. The Morgan fingerprint density at radius 2 is 2.33 bits per heavy atom. The number of rotatable bonds is 2. The smallest absolute Gasteiger partial charge is 0.125 e. The number of benzene rings is 1. The predicted octanol–water partition coefficient (Wildman–Crippen LogP) is 2.63. The molecule has 0 aliphatic carbocycles. The van der Waals surface area contributed by atoms with Crippen LogP contribution < -0.4 is 9.47 Å². The van der Waals surface area contributed by atoms with E-state index in [0.717, 1.165) is 22.8 Å². The molecule has 0 bridgehead atoms. The van der Waals surface area contributed by atoms with Crippen LogP contribution in [0.3, 0.4) is 0 Å². The third-order valence-electron chi connectivity index (χ3n) is 3.80. The molecular weight excluding hydrogens is 248 g/mol. The van der Waals surface area contributed by atoms with Crippen LogP contribution in [-0.4, -0.2) is 29.8 Å². The van der Waals surface area contributed by atoms with Gasteiger partial charge in [0.25, 0.3) is 0 Å². The van der Waals surface area contributed by atoms with Crippen LogP contribution in [0.1, 0.15) is 24.5 Å². The van der Waals surface area contributed by atoms with Crippen LogP contribution in [0.4, 0.5) is 0 Å². The van der Waals surface area contributed by atoms with Crippen LogP contribution in [-0.2, 0) is 0 Å². The molecule has 2 heterocycles. The van der Waals surface area contributed by atoms with E-state index in [1.54, 1.807) is 7.11 Å². The van der Waals surface area contributed by atoms with Crippen LogP contribution in [0, 0.1) is 5.92 Å². The normalized spacial score (nSPS) is 30.7. The molecule has 2 aliphatic rings. The molecule has 0 radical (unpaired) electrons. The van der Waals surface area contributed by atoms with Crippen molar-refractivity contribution in [1.82, 2.24) is 0 Å². The minimum absolute atomic E-state index is 0.163. The Morgan fingerprint density at radius 3 is 3.06 bits per heavy atom. The molecule has 3 unspecified atom stereocenters. The summed E-state index contributed by atoms with van der Waals surface area (Å²) in [7, 11) is 1.64. The van der Waals surface area contributed by atoms with Gasteiger partial charge >= 0.3 is 0 Å². The van der Waals surface area contributed by atoms with E-state index in [1.807, 2.05) is 30.0 Å². The number of thioether (sulfide) groups is 1. The van der Waals surface area contributed by atoms with Gasteiger partial charge in [0.15, 0.2) is 0 Å². The van der Waals surface area contributed by atoms with E-state index >= 15 is 0 Å². The Bertz CT molecular complexity index is 429. The second-order valence-electron chi connectivity index (χ2n) is 4.94. The maximum atomic E-state index is 10.3. The van der Waals surface area contributed by atoms with Crippen LogP contribution in [0.5, 0.6) is 11.5 Å². The summed E-state index contributed by atoms with van der Waals surface area (Å²) >= 11 is 1.98. The summed E-state index contributed by atoms with van der Waals surface area (Å²) in [6, 6.07) is 5.67. The Balaban J connectivity index is 1.83. The molecule has 1 aromatic carbocycles. The van der Waals surface area contributed by atoms with Gasteiger partial charge in [-0.2, -0.15) is 11.8 Å². The summed E-state index contributed by atoms with van der Waals surface area (Å²) in [5.74, 6) is 4.54. The van der Waals surface area contributed by atoms with Gasteiger partial charge in [0.1, 0.15) is 17.6 Å². The first-order valence-electron chi connectivity index (χ1n) is 6.38. The zero-order valence-corrected chi connectivity index (χ0v) is 11.3. The molecule has 1 saturated heterocycles. The van der Waals surface area contributed by atoms with Gasteiger partial charge in [-0.15, -0.1) is 0 Å². The van der Waals surface area contributed by atoms with Gasteiger partial charge in [0.2, 0.25) is 0 Å². The third-order valence-corrected chi connectivity index (χ3v) is 4.99. The lowest BCUT2D eigenvalue weighted by Gasteiger charge is -2.33. The molecule has 0 saturated carbocycles. The monoisotopic (exact) mass is 266 g/mol. The summed E-state index contributed by atoms with van der Waals surface area (Å²) in [5, 5.41) is 10.3. The molecule has 2 aliphatic heterocycles. The number of ether oxygens (including phenoxy) is 2. The van der Waals surface area contributed by atoms with Gasteiger partial charge < -0.3 is 14.6 Å². The van der Waals surface area contributed by atoms with Crippen LogP contribution in [0.25, 0.3) is 0 Å². The number of fused-ring (bicyclic) bond motifs is 1. The Hall–Kier alpha value is -0.870. The highest BCUT2D eigenvalue weighted by Gasteiger charge is 2.34. The van der Waals surface area contributed by atoms with Gasteiger partial charge in [0.05, 0.1) is 13.2 Å². The Kier molecular flexibility index (Phi) is 3.39. The van der Waals surface area contributed by atoms with Crippen LogP contribution in [0.2, 0.25) is 0 Å². The molecule has 3 atom stereocenters. The SMILES string of the molecule is COc1ccc2c(c1)C(O)CC(C1CCSC1)O2. The van der Waals surface area contributed by atoms with E-state index in [-0.39, 0.29) is 6.10 Å². The average Bonchev–Trinajstić information content (AvgIpc) is 2.92. The van der Waals surface area contributed by atoms with E-state index in [2.05, 4.69) is 0 Å². The lowest BCUT2D eigenvalue weighted by molar-refractivity contribution is 0.0400. The quantitative estimate of drug-likeness (QED) is 0.893. The Labute approximate surface area is 111 Å². The van der Waals surface area contributed by atoms with Crippen molar-refractivity contribution in [2.24, 2.45) is 5.92 Å². The Morgan fingerprint density at radius 1 is 1.44 bits per heavy atom. The molecule has 3 nitrogen and oxygen atoms in total. The standard InChI is InChI=1S/C14H18O3S/c1-16-10-2-3-13-11(6-10)12(15)7-14(17-13)9-4-5-18-8-9/h2-3,6,9,12,14-15H,4-5,7-8H2,1H3. The van der Waals surface area contributed by atoms with Crippen molar-refractivity contribution >= 4 is 11.8 Å². The lowest BCUT2D eigenvalue weighted by Crippen LogP contribution is -2.32. The average molecular weight is 266 g/mol. The zero-order valence-electron chi connectivity index (χ0n) is 10.5. The number of hydrogen-bond acceptors (Lipinski definition) is 4. The predicted molar refractivity (Wildman–Crippen MR) is 72.4 cm³/mol. The molecule has 0 aromatic heterocycles. The molecule has 98 valence electrons. The third kappa shape index (κ3) is 2.19. The summed E-state index contributed by atoms with van der Waals surface area (Å²) in [5.41, 5.74) is 0.858. The van der Waals surface area contributed by atoms with E-state index < -0.39 is 6.10 Å². The largest absolute Gasteiger partial charge is 0.497 e. The number of hydrogen-bond donors (Lipinski definition) is 1. The molecular formula is C14H18O3S. The lowest BCUT2D eigenvalue weighted by atomic mass is 9.91. The summed E-state index contributed by atoms with van der Waals surface area (Å²) in [6.45, 7) is 0. The van der Waals surface area contributed by atoms with Gasteiger partial charge in [-0.05, 0) is 36.1 Å². The van der Waals surface area contributed by atoms with Crippen LogP contribution >= 0.6 is 11.8 Å². The molecule has 0 amide bonds. The topological polar surface area (TPSA) is 38.7 Å². The van der Waals surface area contributed by atoms with Crippen molar-refractivity contribution in [3.05, 3.63) is 23.8 Å². The maximum absolute atomic E-state index is 10.3. The van der Waals surface area contributed by atoms with E-state index in [9.17, 15) is 5.11 Å². The first kappa shape index (κ1) is 12.2. The molecule has 4 heteroatoms. The van der Waals surface area contributed by atoms with Gasteiger partial charge in [-0.3, -0.25) is 0 Å². The van der Waals surface area contributed by atoms with Gasteiger partial charge in [-0.25, -0.2) is 0 Å². The minimum atomic E-state index is -0.431. The van der Waals surface area contributed by atoms with Crippen molar-refractivity contribution in [2.75, 3.05) is 18.6 Å². The van der Waals surface area contributed by atoms with Crippen molar-refractivity contribution in [1.29, 1.82) is 0 Å². The highest BCUT2D eigenvalue weighted by atomic mass is 32.2. The summed E-state index contributed by atoms with van der Waals surface area (Å²) in [6.07, 6.45) is 1.63. The molecule has 1 aromatic rings. The van der Waals surface area contributed by atoms with Crippen molar-refractivity contribution < 1.29 is 14.6 Å². The fraction of sp³-hybridized carbons (Fsp3) is 0.571. The fourth-order valence-corrected chi connectivity index (χ4v) is 4.03. The molecule has 1 fully saturated rings. The van der Waals surface area contributed by atoms with Crippen molar-refractivity contribution in [3.8, 4) is 11.5 Å². The first-order chi connectivity index (χ1) is 8.78. The zero-order chi connectivity index (χ0) is 12.5. The second kappa shape index (κ2) is 5.02. The van der Waals surface area contributed by atoms with E-state index in [1.165, 1.54) is 12.2 Å². The fourth-order valence-electron chi connectivity index (χ4n) is 2.71.